The molecular formula is C12H6F3I. The van der Waals surface area contributed by atoms with Gasteiger partial charge in [0.15, 0.2) is 17.5 Å². The average Bonchev–Trinajstić information content (AvgIpc) is 2.26. The van der Waals surface area contributed by atoms with E-state index >= 15 is 0 Å². The first-order valence-corrected chi connectivity index (χ1v) is 5.56. The molecule has 0 heterocycles. The second kappa shape index (κ2) is 4.45. The summed E-state index contributed by atoms with van der Waals surface area (Å²) in [7, 11) is 0. The predicted octanol–water partition coefficient (Wildman–Crippen LogP) is 4.38. The molecule has 0 saturated heterocycles. The van der Waals surface area contributed by atoms with Gasteiger partial charge in [-0.1, -0.05) is 12.1 Å². The van der Waals surface area contributed by atoms with E-state index in [0.29, 0.717) is 11.1 Å². The molecular weight excluding hydrogens is 328 g/mol. The Bertz CT molecular complexity index is 497. The van der Waals surface area contributed by atoms with Crippen LogP contribution in [0.15, 0.2) is 36.4 Å². The first kappa shape index (κ1) is 11.4. The number of rotatable bonds is 1. The minimum atomic E-state index is -1.44. The highest BCUT2D eigenvalue weighted by Gasteiger charge is 2.11. The third-order valence-electron chi connectivity index (χ3n) is 2.16. The fraction of sp³-hybridized carbons (Fsp3) is 0. The molecule has 2 rings (SSSR count). The zero-order valence-corrected chi connectivity index (χ0v) is 10.1. The van der Waals surface area contributed by atoms with Crippen molar-refractivity contribution in [3.05, 3.63) is 57.4 Å². The number of hydrogen-bond donors (Lipinski definition) is 0. The summed E-state index contributed by atoms with van der Waals surface area (Å²) in [6, 6.07) is 9.06. The lowest BCUT2D eigenvalue weighted by Crippen LogP contribution is -1.91. The van der Waals surface area contributed by atoms with Crippen molar-refractivity contribution in [3.8, 4) is 11.1 Å². The Morgan fingerprint density at radius 2 is 1.25 bits per heavy atom. The van der Waals surface area contributed by atoms with Crippen LogP contribution < -0.4 is 0 Å². The van der Waals surface area contributed by atoms with Crippen LogP contribution in [0.25, 0.3) is 11.1 Å². The lowest BCUT2D eigenvalue weighted by molar-refractivity contribution is 0.448. The molecule has 0 radical (unpaired) electrons. The number of hydrogen-bond acceptors (Lipinski definition) is 0. The Kier molecular flexibility index (Phi) is 3.18. The van der Waals surface area contributed by atoms with Gasteiger partial charge in [0.1, 0.15) is 0 Å². The molecule has 82 valence electrons. The fourth-order valence-corrected chi connectivity index (χ4v) is 1.72. The van der Waals surface area contributed by atoms with Crippen molar-refractivity contribution in [1.82, 2.24) is 0 Å². The molecule has 16 heavy (non-hydrogen) atoms. The molecule has 0 aliphatic rings. The summed E-state index contributed by atoms with van der Waals surface area (Å²) in [6.45, 7) is 0. The number of benzene rings is 2. The molecule has 0 nitrogen and oxygen atoms in total. The van der Waals surface area contributed by atoms with Gasteiger partial charge >= 0.3 is 0 Å². The smallest absolute Gasteiger partial charge is 0.194 e. The summed E-state index contributed by atoms with van der Waals surface area (Å²) in [5, 5.41) is 0. The predicted molar refractivity (Wildman–Crippen MR) is 64.5 cm³/mol. The molecule has 0 aromatic heterocycles. The highest BCUT2D eigenvalue weighted by atomic mass is 127. The average molecular weight is 334 g/mol. The molecule has 0 atom stereocenters. The van der Waals surface area contributed by atoms with Gasteiger partial charge in [0, 0.05) is 3.57 Å². The molecule has 0 spiro atoms. The van der Waals surface area contributed by atoms with E-state index in [0.717, 1.165) is 15.7 Å². The highest BCUT2D eigenvalue weighted by molar-refractivity contribution is 14.1. The van der Waals surface area contributed by atoms with Crippen molar-refractivity contribution in [2.75, 3.05) is 0 Å². The Morgan fingerprint density at radius 1 is 0.750 bits per heavy atom. The van der Waals surface area contributed by atoms with Crippen LogP contribution in [0, 0.1) is 21.0 Å². The van der Waals surface area contributed by atoms with E-state index in [1.165, 1.54) is 0 Å². The molecule has 0 aliphatic heterocycles. The standard InChI is InChI=1S/C12H6F3I/c13-10-5-8(6-11(14)12(10)15)7-1-3-9(16)4-2-7/h1-6H. The van der Waals surface area contributed by atoms with Gasteiger partial charge in [-0.2, -0.15) is 0 Å². The summed E-state index contributed by atoms with van der Waals surface area (Å²) in [5.74, 6) is -3.78. The van der Waals surface area contributed by atoms with E-state index in [1.807, 2.05) is 12.1 Å². The van der Waals surface area contributed by atoms with Crippen LogP contribution in [0.2, 0.25) is 0 Å². The molecule has 0 aliphatic carbocycles. The fourth-order valence-electron chi connectivity index (χ4n) is 1.36. The van der Waals surface area contributed by atoms with Crippen molar-refractivity contribution in [2.45, 2.75) is 0 Å². The summed E-state index contributed by atoms with van der Waals surface area (Å²) in [5.41, 5.74) is 0.978. The van der Waals surface area contributed by atoms with E-state index in [2.05, 4.69) is 22.6 Å². The molecule has 0 unspecified atom stereocenters. The Labute approximate surface area is 104 Å². The van der Waals surface area contributed by atoms with Crippen LogP contribution in [0.5, 0.6) is 0 Å². The van der Waals surface area contributed by atoms with Crippen molar-refractivity contribution in [3.63, 3.8) is 0 Å². The van der Waals surface area contributed by atoms with Crippen LogP contribution in [0.1, 0.15) is 0 Å². The second-order valence-corrected chi connectivity index (χ2v) is 4.51. The number of halogens is 4. The second-order valence-electron chi connectivity index (χ2n) is 3.26. The van der Waals surface area contributed by atoms with Crippen LogP contribution in [-0.2, 0) is 0 Å². The summed E-state index contributed by atoms with van der Waals surface area (Å²) in [6.07, 6.45) is 0. The molecule has 0 N–H and O–H groups in total. The summed E-state index contributed by atoms with van der Waals surface area (Å²) < 4.78 is 39.7. The van der Waals surface area contributed by atoms with E-state index in [-0.39, 0.29) is 0 Å². The zero-order valence-electron chi connectivity index (χ0n) is 7.98. The van der Waals surface area contributed by atoms with Gasteiger partial charge in [0.2, 0.25) is 0 Å². The van der Waals surface area contributed by atoms with Crippen LogP contribution in [0.4, 0.5) is 13.2 Å². The largest absolute Gasteiger partial charge is 0.204 e. The monoisotopic (exact) mass is 334 g/mol. The minimum Gasteiger partial charge on any atom is -0.204 e. The molecule has 2 aromatic rings. The summed E-state index contributed by atoms with van der Waals surface area (Å²) >= 11 is 2.13. The maximum Gasteiger partial charge on any atom is 0.194 e. The van der Waals surface area contributed by atoms with Gasteiger partial charge < -0.3 is 0 Å². The van der Waals surface area contributed by atoms with Gasteiger partial charge in [-0.05, 0) is 58.0 Å². The molecule has 0 bridgehead atoms. The first-order chi connectivity index (χ1) is 7.58. The van der Waals surface area contributed by atoms with Crippen molar-refractivity contribution in [1.29, 1.82) is 0 Å². The maximum absolute atomic E-state index is 13.0. The van der Waals surface area contributed by atoms with Gasteiger partial charge in [-0.25, -0.2) is 13.2 Å². The highest BCUT2D eigenvalue weighted by Crippen LogP contribution is 2.24. The minimum absolute atomic E-state index is 0.327. The summed E-state index contributed by atoms with van der Waals surface area (Å²) in [4.78, 5) is 0. The topological polar surface area (TPSA) is 0 Å². The van der Waals surface area contributed by atoms with Crippen LogP contribution >= 0.6 is 22.6 Å². The van der Waals surface area contributed by atoms with Crippen LogP contribution in [-0.4, -0.2) is 0 Å². The molecule has 2 aromatic carbocycles. The maximum atomic E-state index is 13.0. The molecule has 0 amide bonds. The van der Waals surface area contributed by atoms with Gasteiger partial charge in [0.25, 0.3) is 0 Å². The molecule has 4 heteroatoms. The first-order valence-electron chi connectivity index (χ1n) is 4.48. The Hall–Kier alpha value is -1.04. The van der Waals surface area contributed by atoms with Crippen molar-refractivity contribution >= 4 is 22.6 Å². The van der Waals surface area contributed by atoms with Crippen molar-refractivity contribution < 1.29 is 13.2 Å². The van der Waals surface area contributed by atoms with Crippen molar-refractivity contribution in [2.24, 2.45) is 0 Å². The van der Waals surface area contributed by atoms with Crippen LogP contribution in [0.3, 0.4) is 0 Å². The third kappa shape index (κ3) is 2.21. The van der Waals surface area contributed by atoms with Gasteiger partial charge in [-0.3, -0.25) is 0 Å². The van der Waals surface area contributed by atoms with E-state index in [4.69, 9.17) is 0 Å². The van der Waals surface area contributed by atoms with E-state index in [9.17, 15) is 13.2 Å². The molecule has 0 saturated carbocycles. The Morgan fingerprint density at radius 3 is 1.75 bits per heavy atom. The normalized spacial score (nSPS) is 10.5. The third-order valence-corrected chi connectivity index (χ3v) is 2.88. The van der Waals surface area contributed by atoms with Gasteiger partial charge in [-0.15, -0.1) is 0 Å². The SMILES string of the molecule is Fc1cc(-c2ccc(I)cc2)cc(F)c1F. The van der Waals surface area contributed by atoms with Gasteiger partial charge in [0.05, 0.1) is 0 Å². The van der Waals surface area contributed by atoms with E-state index in [1.54, 1.807) is 12.1 Å². The quantitative estimate of drug-likeness (QED) is 0.536. The zero-order chi connectivity index (χ0) is 11.7. The molecule has 0 fully saturated rings. The Balaban J connectivity index is 2.52. The lowest BCUT2D eigenvalue weighted by atomic mass is 10.1. The lowest BCUT2D eigenvalue weighted by Gasteiger charge is -2.03. The van der Waals surface area contributed by atoms with E-state index < -0.39 is 17.5 Å².